The minimum atomic E-state index is -0.752. The number of carbonyl (C=O) groups is 3. The number of benzene rings is 2. The molecule has 1 atom stereocenters. The zero-order valence-corrected chi connectivity index (χ0v) is 16.6. The molecular formula is C25H19FO4. The minimum absolute atomic E-state index is 0.0164. The van der Waals surface area contributed by atoms with Gasteiger partial charge in [0.25, 0.3) is 0 Å². The van der Waals surface area contributed by atoms with Gasteiger partial charge in [-0.3, -0.25) is 14.4 Å². The van der Waals surface area contributed by atoms with Crippen LogP contribution in [0, 0.1) is 11.2 Å². The Morgan fingerprint density at radius 2 is 1.50 bits per heavy atom. The highest BCUT2D eigenvalue weighted by Gasteiger charge is 2.48. The molecule has 0 amide bonds. The smallest absolute Gasteiger partial charge is 0.229 e. The fourth-order valence-corrected chi connectivity index (χ4v) is 4.68. The van der Waals surface area contributed by atoms with Gasteiger partial charge in [0.2, 0.25) is 5.78 Å². The molecule has 0 N–H and O–H groups in total. The maximum atomic E-state index is 13.6. The van der Waals surface area contributed by atoms with Gasteiger partial charge in [-0.2, -0.15) is 0 Å². The summed E-state index contributed by atoms with van der Waals surface area (Å²) in [6.07, 6.45) is 0.792. The summed E-state index contributed by atoms with van der Waals surface area (Å²) in [5.74, 6) is -1.56. The van der Waals surface area contributed by atoms with Gasteiger partial charge in [0.15, 0.2) is 17.3 Å². The maximum Gasteiger partial charge on any atom is 0.229 e. The second-order valence-corrected chi connectivity index (χ2v) is 8.81. The van der Waals surface area contributed by atoms with E-state index in [2.05, 4.69) is 0 Å². The summed E-state index contributed by atoms with van der Waals surface area (Å²) in [6, 6.07) is 12.3. The van der Waals surface area contributed by atoms with E-state index in [1.165, 1.54) is 12.1 Å². The van der Waals surface area contributed by atoms with Crippen molar-refractivity contribution in [3.63, 3.8) is 0 Å². The van der Waals surface area contributed by atoms with E-state index in [-0.39, 0.29) is 34.1 Å². The van der Waals surface area contributed by atoms with E-state index >= 15 is 0 Å². The molecule has 150 valence electrons. The molecule has 1 aliphatic heterocycles. The quantitative estimate of drug-likeness (QED) is 0.680. The standard InChI is InChI=1S/C25H19FO4/c1-25(2)11-17(27)20-18(12-25)30-24-21(19(20)13-7-9-14(26)10-8-13)22(28)15-5-3-4-6-16(15)23(24)29/h3-10,19H,11-12H2,1-2H3. The molecule has 0 fully saturated rings. The number of halogens is 1. The summed E-state index contributed by atoms with van der Waals surface area (Å²) in [5, 5.41) is 0. The molecule has 4 nitrogen and oxygen atoms in total. The van der Waals surface area contributed by atoms with Crippen LogP contribution < -0.4 is 0 Å². The summed E-state index contributed by atoms with van der Waals surface area (Å²) < 4.78 is 19.6. The van der Waals surface area contributed by atoms with Crippen molar-refractivity contribution in [3.8, 4) is 0 Å². The van der Waals surface area contributed by atoms with Crippen LogP contribution in [0.1, 0.15) is 58.9 Å². The van der Waals surface area contributed by atoms with Crippen molar-refractivity contribution in [1.29, 1.82) is 0 Å². The van der Waals surface area contributed by atoms with Crippen LogP contribution in [-0.2, 0) is 9.53 Å². The number of fused-ring (bicyclic) bond motifs is 1. The summed E-state index contributed by atoms with van der Waals surface area (Å²) in [6.45, 7) is 3.94. The highest BCUT2D eigenvalue weighted by Crippen LogP contribution is 2.51. The summed E-state index contributed by atoms with van der Waals surface area (Å²) in [4.78, 5) is 39.9. The van der Waals surface area contributed by atoms with Gasteiger partial charge in [-0.25, -0.2) is 4.39 Å². The molecule has 2 aromatic rings. The Morgan fingerprint density at radius 3 is 2.17 bits per heavy atom. The first-order valence-electron chi connectivity index (χ1n) is 9.89. The molecule has 1 heterocycles. The van der Waals surface area contributed by atoms with Crippen molar-refractivity contribution in [1.82, 2.24) is 0 Å². The van der Waals surface area contributed by atoms with Crippen LogP contribution in [0.25, 0.3) is 0 Å². The average molecular weight is 402 g/mol. The molecule has 0 spiro atoms. The fraction of sp³-hybridized carbons (Fsp3) is 0.240. The molecule has 0 aromatic heterocycles. The second kappa shape index (κ2) is 6.33. The third kappa shape index (κ3) is 2.69. The number of ketones is 3. The van der Waals surface area contributed by atoms with Crippen molar-refractivity contribution in [3.05, 3.63) is 93.7 Å². The van der Waals surface area contributed by atoms with Crippen molar-refractivity contribution in [2.45, 2.75) is 32.6 Å². The number of allylic oxidation sites excluding steroid dienone is 4. The largest absolute Gasteiger partial charge is 0.457 e. The van der Waals surface area contributed by atoms with Crippen LogP contribution >= 0.6 is 0 Å². The molecule has 2 aliphatic carbocycles. The predicted molar refractivity (Wildman–Crippen MR) is 107 cm³/mol. The minimum Gasteiger partial charge on any atom is -0.457 e. The Balaban J connectivity index is 1.76. The van der Waals surface area contributed by atoms with E-state index in [4.69, 9.17) is 4.74 Å². The average Bonchev–Trinajstić information content (AvgIpc) is 2.70. The maximum absolute atomic E-state index is 13.6. The molecule has 30 heavy (non-hydrogen) atoms. The second-order valence-electron chi connectivity index (χ2n) is 8.81. The molecule has 0 saturated heterocycles. The van der Waals surface area contributed by atoms with E-state index in [1.807, 2.05) is 13.8 Å². The molecule has 5 rings (SSSR count). The van der Waals surface area contributed by atoms with Crippen LogP contribution in [-0.4, -0.2) is 17.3 Å². The highest BCUT2D eigenvalue weighted by molar-refractivity contribution is 6.27. The molecule has 3 aliphatic rings. The van der Waals surface area contributed by atoms with Gasteiger partial charge in [0.05, 0.1) is 5.57 Å². The predicted octanol–water partition coefficient (Wildman–Crippen LogP) is 4.92. The number of Topliss-reactive ketones (excluding diaryl/α,β-unsaturated/α-hetero) is 3. The number of hydrogen-bond donors (Lipinski definition) is 0. The van der Waals surface area contributed by atoms with Crippen LogP contribution in [0.3, 0.4) is 0 Å². The van der Waals surface area contributed by atoms with E-state index < -0.39 is 11.7 Å². The van der Waals surface area contributed by atoms with Crippen LogP contribution in [0.5, 0.6) is 0 Å². The number of rotatable bonds is 1. The first-order chi connectivity index (χ1) is 14.3. The van der Waals surface area contributed by atoms with Gasteiger partial charge in [0.1, 0.15) is 11.6 Å². The Kier molecular flexibility index (Phi) is 3.94. The Hall–Kier alpha value is -3.34. The normalized spacial score (nSPS) is 22.4. The lowest BCUT2D eigenvalue weighted by Gasteiger charge is -2.39. The Bertz CT molecular complexity index is 1200. The Morgan fingerprint density at radius 1 is 0.867 bits per heavy atom. The zero-order chi connectivity index (χ0) is 21.2. The van der Waals surface area contributed by atoms with Gasteiger partial charge in [0, 0.05) is 35.5 Å². The molecular weight excluding hydrogens is 383 g/mol. The van der Waals surface area contributed by atoms with Gasteiger partial charge in [-0.1, -0.05) is 50.2 Å². The van der Waals surface area contributed by atoms with E-state index in [9.17, 15) is 18.8 Å². The molecule has 2 aromatic carbocycles. The zero-order valence-electron chi connectivity index (χ0n) is 16.6. The molecule has 0 bridgehead atoms. The number of ether oxygens (including phenoxy) is 1. The topological polar surface area (TPSA) is 60.4 Å². The third-order valence-electron chi connectivity index (χ3n) is 6.00. The molecule has 0 radical (unpaired) electrons. The van der Waals surface area contributed by atoms with Gasteiger partial charge in [-0.15, -0.1) is 0 Å². The lowest BCUT2D eigenvalue weighted by atomic mass is 9.67. The van der Waals surface area contributed by atoms with Crippen LogP contribution in [0.4, 0.5) is 4.39 Å². The Labute approximate surface area is 173 Å². The molecule has 5 heteroatoms. The van der Waals surface area contributed by atoms with E-state index in [1.54, 1.807) is 36.4 Å². The fourth-order valence-electron chi connectivity index (χ4n) is 4.68. The van der Waals surface area contributed by atoms with Crippen LogP contribution in [0.15, 0.2) is 71.2 Å². The van der Waals surface area contributed by atoms with Gasteiger partial charge >= 0.3 is 0 Å². The molecule has 0 saturated carbocycles. The lowest BCUT2D eigenvalue weighted by molar-refractivity contribution is -0.119. The van der Waals surface area contributed by atoms with Gasteiger partial charge < -0.3 is 4.74 Å². The van der Waals surface area contributed by atoms with Crippen LogP contribution in [0.2, 0.25) is 0 Å². The monoisotopic (exact) mass is 402 g/mol. The SMILES string of the molecule is CC1(C)CC(=O)C2=C(C1)OC1=C(C(=O)c3ccccc3C1=O)C2c1ccc(F)cc1. The first kappa shape index (κ1) is 18.7. The van der Waals surface area contributed by atoms with Crippen molar-refractivity contribution in [2.24, 2.45) is 5.41 Å². The highest BCUT2D eigenvalue weighted by atomic mass is 19.1. The first-order valence-corrected chi connectivity index (χ1v) is 9.89. The van der Waals surface area contributed by atoms with Crippen molar-refractivity contribution >= 4 is 17.3 Å². The van der Waals surface area contributed by atoms with Gasteiger partial charge in [-0.05, 0) is 23.1 Å². The number of hydrogen-bond acceptors (Lipinski definition) is 4. The number of carbonyl (C=O) groups excluding carboxylic acids is 3. The summed E-state index contributed by atoms with van der Waals surface area (Å²) in [5.41, 5.74) is 1.43. The molecule has 1 unspecified atom stereocenters. The van der Waals surface area contributed by atoms with Crippen molar-refractivity contribution < 1.29 is 23.5 Å². The summed E-state index contributed by atoms with van der Waals surface area (Å²) >= 11 is 0. The van der Waals surface area contributed by atoms with Crippen molar-refractivity contribution in [2.75, 3.05) is 0 Å². The van der Waals surface area contributed by atoms with E-state index in [0.29, 0.717) is 40.9 Å². The van der Waals surface area contributed by atoms with E-state index in [0.717, 1.165) is 0 Å². The summed E-state index contributed by atoms with van der Waals surface area (Å²) in [7, 11) is 0. The third-order valence-corrected chi connectivity index (χ3v) is 6.00. The lowest BCUT2D eigenvalue weighted by Crippen LogP contribution is -2.37.